The number of aliphatic hydroxyl groups excluding tert-OH is 1. The van der Waals surface area contributed by atoms with Crippen molar-refractivity contribution in [3.05, 3.63) is 0 Å². The summed E-state index contributed by atoms with van der Waals surface area (Å²) >= 11 is 0. The van der Waals surface area contributed by atoms with Crippen molar-refractivity contribution < 1.29 is 14.6 Å². The molecule has 0 aliphatic heterocycles. The second-order valence-corrected chi connectivity index (χ2v) is 7.05. The van der Waals surface area contributed by atoms with E-state index < -0.39 is 6.10 Å². The average Bonchev–Trinajstić information content (AvgIpc) is 2.59. The van der Waals surface area contributed by atoms with Crippen LogP contribution in [0.2, 0.25) is 0 Å². The summed E-state index contributed by atoms with van der Waals surface area (Å²) < 4.78 is 11.1. The highest BCUT2D eigenvalue weighted by Crippen LogP contribution is 2.08. The molecule has 24 heavy (non-hydrogen) atoms. The van der Waals surface area contributed by atoms with Gasteiger partial charge in [-0.25, -0.2) is 0 Å². The van der Waals surface area contributed by atoms with Crippen molar-refractivity contribution in [3.8, 4) is 0 Å². The molecule has 0 fully saturated rings. The topological polar surface area (TPSA) is 38.7 Å². The zero-order valence-corrected chi connectivity index (χ0v) is 16.6. The van der Waals surface area contributed by atoms with Crippen LogP contribution in [0.3, 0.4) is 0 Å². The lowest BCUT2D eigenvalue weighted by Gasteiger charge is -2.12. The highest BCUT2D eigenvalue weighted by molar-refractivity contribution is 4.52. The molecule has 0 rings (SSSR count). The first kappa shape index (κ1) is 23.9. The number of hydrogen-bond donors (Lipinski definition) is 1. The maximum Gasteiger partial charge on any atom is 0.101 e. The minimum atomic E-state index is -0.473. The number of rotatable bonds is 20. The van der Waals surface area contributed by atoms with Gasteiger partial charge in [-0.05, 0) is 12.8 Å². The van der Waals surface area contributed by atoms with Gasteiger partial charge in [0.2, 0.25) is 0 Å². The molecule has 0 atom stereocenters. The number of aliphatic hydroxyl groups is 1. The molecular formula is C21H44O3. The summed E-state index contributed by atoms with van der Waals surface area (Å²) in [5.41, 5.74) is 0. The fourth-order valence-electron chi connectivity index (χ4n) is 2.81. The molecule has 0 aliphatic carbocycles. The van der Waals surface area contributed by atoms with E-state index in [1.807, 2.05) is 0 Å². The predicted octanol–water partition coefficient (Wildman–Crippen LogP) is 5.88. The Hall–Kier alpha value is -0.120. The van der Waals surface area contributed by atoms with Crippen LogP contribution >= 0.6 is 0 Å². The highest BCUT2D eigenvalue weighted by Gasteiger charge is 2.04. The van der Waals surface area contributed by atoms with Crippen LogP contribution in [0.5, 0.6) is 0 Å². The smallest absolute Gasteiger partial charge is 0.101 e. The molecule has 0 saturated carbocycles. The molecule has 0 amide bonds. The molecule has 0 bridgehead atoms. The van der Waals surface area contributed by atoms with E-state index in [0.29, 0.717) is 13.2 Å². The van der Waals surface area contributed by atoms with Crippen LogP contribution in [0.15, 0.2) is 0 Å². The van der Waals surface area contributed by atoms with E-state index in [-0.39, 0.29) is 0 Å². The maximum atomic E-state index is 9.80. The van der Waals surface area contributed by atoms with Gasteiger partial charge < -0.3 is 14.6 Å². The number of unbranched alkanes of at least 4 members (excludes halogenated alkanes) is 12. The van der Waals surface area contributed by atoms with Crippen LogP contribution in [0.25, 0.3) is 0 Å². The maximum absolute atomic E-state index is 9.80. The van der Waals surface area contributed by atoms with E-state index in [9.17, 15) is 5.11 Å². The molecule has 0 saturated heterocycles. The average molecular weight is 345 g/mol. The van der Waals surface area contributed by atoms with E-state index in [4.69, 9.17) is 9.47 Å². The van der Waals surface area contributed by atoms with Crippen molar-refractivity contribution in [1.29, 1.82) is 0 Å². The molecular weight excluding hydrogens is 300 g/mol. The van der Waals surface area contributed by atoms with Crippen LogP contribution in [-0.4, -0.2) is 37.6 Å². The third-order valence-electron chi connectivity index (χ3n) is 4.40. The molecule has 3 nitrogen and oxygen atoms in total. The van der Waals surface area contributed by atoms with E-state index in [1.54, 1.807) is 0 Å². The summed E-state index contributed by atoms with van der Waals surface area (Å²) in [6.45, 7) is 6.85. The summed E-state index contributed by atoms with van der Waals surface area (Å²) in [7, 11) is 0. The van der Waals surface area contributed by atoms with Crippen LogP contribution in [0.4, 0.5) is 0 Å². The molecule has 146 valence electrons. The summed E-state index contributed by atoms with van der Waals surface area (Å²) in [6, 6.07) is 0. The molecule has 0 heterocycles. The lowest BCUT2D eigenvalue weighted by molar-refractivity contribution is -0.0201. The number of ether oxygens (including phenoxy) is 2. The van der Waals surface area contributed by atoms with Crippen molar-refractivity contribution in [3.63, 3.8) is 0 Å². The Kier molecular flexibility index (Phi) is 20.8. The van der Waals surface area contributed by atoms with Gasteiger partial charge in [-0.1, -0.05) is 90.9 Å². The Balaban J connectivity index is 3.12. The lowest BCUT2D eigenvalue weighted by Crippen LogP contribution is -2.22. The lowest BCUT2D eigenvalue weighted by atomic mass is 10.1. The van der Waals surface area contributed by atoms with E-state index in [2.05, 4.69) is 13.8 Å². The molecule has 1 N–H and O–H groups in total. The summed E-state index contributed by atoms with van der Waals surface area (Å²) in [4.78, 5) is 0. The molecule has 0 spiro atoms. The third-order valence-corrected chi connectivity index (χ3v) is 4.40. The Bertz CT molecular complexity index is 199. The Morgan fingerprint density at radius 3 is 1.25 bits per heavy atom. The highest BCUT2D eigenvalue weighted by atomic mass is 16.5. The van der Waals surface area contributed by atoms with Gasteiger partial charge in [0.25, 0.3) is 0 Å². The van der Waals surface area contributed by atoms with Crippen LogP contribution in [0.1, 0.15) is 104 Å². The predicted molar refractivity (Wildman–Crippen MR) is 104 cm³/mol. The molecule has 0 aromatic carbocycles. The van der Waals surface area contributed by atoms with Crippen molar-refractivity contribution in [2.24, 2.45) is 0 Å². The van der Waals surface area contributed by atoms with Crippen LogP contribution in [-0.2, 0) is 9.47 Å². The third kappa shape index (κ3) is 19.9. The second-order valence-electron chi connectivity index (χ2n) is 7.05. The van der Waals surface area contributed by atoms with Gasteiger partial charge in [0.1, 0.15) is 6.10 Å². The summed E-state index contributed by atoms with van der Waals surface area (Å²) in [6.07, 6.45) is 17.6. The monoisotopic (exact) mass is 344 g/mol. The van der Waals surface area contributed by atoms with Gasteiger partial charge in [0.05, 0.1) is 13.2 Å². The zero-order chi connectivity index (χ0) is 17.7. The molecule has 0 radical (unpaired) electrons. The molecule has 0 unspecified atom stereocenters. The van der Waals surface area contributed by atoms with Gasteiger partial charge in [-0.2, -0.15) is 0 Å². The normalized spacial score (nSPS) is 11.5. The van der Waals surface area contributed by atoms with Gasteiger partial charge in [0.15, 0.2) is 0 Å². The van der Waals surface area contributed by atoms with Gasteiger partial charge in [-0.15, -0.1) is 0 Å². The summed E-state index contributed by atoms with van der Waals surface area (Å²) in [5.74, 6) is 0. The molecule has 0 aliphatic rings. The Labute approximate surface area is 151 Å². The van der Waals surface area contributed by atoms with Crippen molar-refractivity contribution in [1.82, 2.24) is 0 Å². The molecule has 0 aromatic heterocycles. The summed E-state index contributed by atoms with van der Waals surface area (Å²) in [5, 5.41) is 9.80. The first-order valence-corrected chi connectivity index (χ1v) is 10.6. The largest absolute Gasteiger partial charge is 0.388 e. The van der Waals surface area contributed by atoms with Gasteiger partial charge in [-0.3, -0.25) is 0 Å². The fraction of sp³-hybridized carbons (Fsp3) is 1.00. The minimum absolute atomic E-state index is 0.410. The standard InChI is InChI=1S/C21H44O3/c1-3-5-7-9-11-13-15-17-23-19-21(22)20-24-18-16-14-12-10-8-6-4-2/h21-22H,3-20H2,1-2H3. The first-order valence-electron chi connectivity index (χ1n) is 10.6. The van der Waals surface area contributed by atoms with E-state index in [0.717, 1.165) is 26.1 Å². The minimum Gasteiger partial charge on any atom is -0.388 e. The quantitative estimate of drug-likeness (QED) is 0.280. The van der Waals surface area contributed by atoms with E-state index >= 15 is 0 Å². The van der Waals surface area contributed by atoms with Gasteiger partial charge >= 0.3 is 0 Å². The Morgan fingerprint density at radius 1 is 0.542 bits per heavy atom. The molecule has 0 aromatic rings. The molecule has 3 heteroatoms. The van der Waals surface area contributed by atoms with Crippen LogP contribution in [0, 0.1) is 0 Å². The SMILES string of the molecule is CCCCCCCCCOCC(O)COCCCCCCCCC. The second kappa shape index (κ2) is 20.9. The van der Waals surface area contributed by atoms with Crippen molar-refractivity contribution >= 4 is 0 Å². The van der Waals surface area contributed by atoms with Gasteiger partial charge in [0, 0.05) is 13.2 Å². The first-order chi connectivity index (χ1) is 11.8. The Morgan fingerprint density at radius 2 is 0.875 bits per heavy atom. The van der Waals surface area contributed by atoms with Crippen LogP contribution < -0.4 is 0 Å². The number of hydrogen-bond acceptors (Lipinski definition) is 3. The van der Waals surface area contributed by atoms with Crippen molar-refractivity contribution in [2.75, 3.05) is 26.4 Å². The fourth-order valence-corrected chi connectivity index (χ4v) is 2.81. The van der Waals surface area contributed by atoms with E-state index in [1.165, 1.54) is 77.0 Å². The zero-order valence-electron chi connectivity index (χ0n) is 16.6. The van der Waals surface area contributed by atoms with Crippen molar-refractivity contribution in [2.45, 2.75) is 110 Å².